The van der Waals surface area contributed by atoms with Crippen LogP contribution in [-0.2, 0) is 11.3 Å². The van der Waals surface area contributed by atoms with E-state index in [4.69, 9.17) is 5.11 Å². The van der Waals surface area contributed by atoms with Crippen molar-refractivity contribution < 1.29 is 9.90 Å². The number of carbonyl (C=O) groups is 1. The van der Waals surface area contributed by atoms with Gasteiger partial charge in [0.2, 0.25) is 5.91 Å². The zero-order valence-corrected chi connectivity index (χ0v) is 12.0. The zero-order valence-electron chi connectivity index (χ0n) is 12.0. The van der Waals surface area contributed by atoms with E-state index in [0.717, 1.165) is 5.56 Å². The highest BCUT2D eigenvalue weighted by Crippen LogP contribution is 2.05. The number of aliphatic hydroxyl groups is 1. The van der Waals surface area contributed by atoms with E-state index in [0.29, 0.717) is 19.6 Å². The first-order chi connectivity index (χ1) is 9.04. The Morgan fingerprint density at radius 1 is 1.26 bits per heavy atom. The molecule has 0 radical (unpaired) electrons. The fourth-order valence-corrected chi connectivity index (χ4v) is 1.79. The molecule has 1 aromatic carbocycles. The van der Waals surface area contributed by atoms with Crippen molar-refractivity contribution in [3.8, 4) is 0 Å². The first-order valence-electron chi connectivity index (χ1n) is 6.67. The van der Waals surface area contributed by atoms with Crippen LogP contribution in [0.15, 0.2) is 30.3 Å². The molecule has 0 aliphatic carbocycles. The van der Waals surface area contributed by atoms with Crippen molar-refractivity contribution in [1.29, 1.82) is 0 Å². The summed E-state index contributed by atoms with van der Waals surface area (Å²) in [5, 5.41) is 9.11. The van der Waals surface area contributed by atoms with Gasteiger partial charge < -0.3 is 10.0 Å². The number of likely N-dealkylation sites (N-methyl/N-ethyl adjacent to an activating group) is 1. The summed E-state index contributed by atoms with van der Waals surface area (Å²) in [6, 6.07) is 10.2. The second-order valence-electron chi connectivity index (χ2n) is 5.02. The molecule has 0 aliphatic heterocycles. The molecule has 0 unspecified atom stereocenters. The first-order valence-corrected chi connectivity index (χ1v) is 6.67. The van der Waals surface area contributed by atoms with Gasteiger partial charge in [-0.15, -0.1) is 0 Å². The van der Waals surface area contributed by atoms with E-state index >= 15 is 0 Å². The lowest BCUT2D eigenvalue weighted by Gasteiger charge is -2.26. The van der Waals surface area contributed by atoms with E-state index in [9.17, 15) is 4.79 Å². The molecule has 1 amide bonds. The van der Waals surface area contributed by atoms with Crippen LogP contribution in [0.3, 0.4) is 0 Å². The monoisotopic (exact) mass is 264 g/mol. The van der Waals surface area contributed by atoms with Crippen molar-refractivity contribution in [2.24, 2.45) is 0 Å². The summed E-state index contributed by atoms with van der Waals surface area (Å²) in [7, 11) is 1.81. The van der Waals surface area contributed by atoms with Gasteiger partial charge in [-0.3, -0.25) is 9.69 Å². The van der Waals surface area contributed by atoms with Gasteiger partial charge >= 0.3 is 0 Å². The smallest absolute Gasteiger partial charge is 0.236 e. The number of rotatable bonds is 7. The Kier molecular flexibility index (Phi) is 6.53. The summed E-state index contributed by atoms with van der Waals surface area (Å²) >= 11 is 0. The van der Waals surface area contributed by atoms with Gasteiger partial charge in [-0.05, 0) is 19.4 Å². The Balaban J connectivity index is 2.60. The molecular formula is C15H24N2O2. The molecule has 0 saturated carbocycles. The van der Waals surface area contributed by atoms with Gasteiger partial charge in [0.15, 0.2) is 0 Å². The van der Waals surface area contributed by atoms with Gasteiger partial charge in [0, 0.05) is 26.2 Å². The summed E-state index contributed by atoms with van der Waals surface area (Å²) < 4.78 is 0. The quantitative estimate of drug-likeness (QED) is 0.808. The van der Waals surface area contributed by atoms with Gasteiger partial charge in [0.05, 0.1) is 13.2 Å². The normalized spacial score (nSPS) is 11.1. The average Bonchev–Trinajstić information content (AvgIpc) is 2.39. The van der Waals surface area contributed by atoms with Crippen LogP contribution in [0.4, 0.5) is 0 Å². The number of carbonyl (C=O) groups excluding carboxylic acids is 1. The Bertz CT molecular complexity index is 379. The molecule has 0 spiro atoms. The van der Waals surface area contributed by atoms with E-state index in [1.54, 1.807) is 4.90 Å². The van der Waals surface area contributed by atoms with Crippen LogP contribution in [0.2, 0.25) is 0 Å². The minimum atomic E-state index is 0.0610. The van der Waals surface area contributed by atoms with Gasteiger partial charge in [-0.2, -0.15) is 0 Å². The van der Waals surface area contributed by atoms with Gasteiger partial charge in [-0.1, -0.05) is 30.3 Å². The molecule has 1 N–H and O–H groups in total. The molecule has 106 valence electrons. The van der Waals surface area contributed by atoms with Gasteiger partial charge in [0.1, 0.15) is 0 Å². The van der Waals surface area contributed by atoms with Crippen molar-refractivity contribution in [3.05, 3.63) is 35.9 Å². The van der Waals surface area contributed by atoms with Crippen LogP contribution in [0.25, 0.3) is 0 Å². The standard InChI is InChI=1S/C15H24N2O2/c1-13(2)16(3)15(19)12-17(9-10-18)11-14-7-5-4-6-8-14/h4-8,13,18H,9-12H2,1-3H3. The molecule has 0 fully saturated rings. The van der Waals surface area contributed by atoms with Crippen molar-refractivity contribution in [1.82, 2.24) is 9.80 Å². The Morgan fingerprint density at radius 3 is 2.42 bits per heavy atom. The second kappa shape index (κ2) is 7.92. The van der Waals surface area contributed by atoms with Crippen LogP contribution < -0.4 is 0 Å². The molecule has 19 heavy (non-hydrogen) atoms. The maximum Gasteiger partial charge on any atom is 0.236 e. The van der Waals surface area contributed by atoms with Crippen molar-refractivity contribution in [2.75, 3.05) is 26.7 Å². The van der Waals surface area contributed by atoms with E-state index in [-0.39, 0.29) is 18.6 Å². The van der Waals surface area contributed by atoms with E-state index in [1.165, 1.54) is 0 Å². The third-order valence-electron chi connectivity index (χ3n) is 3.19. The number of hydrogen-bond acceptors (Lipinski definition) is 3. The molecule has 1 rings (SSSR count). The second-order valence-corrected chi connectivity index (χ2v) is 5.02. The highest BCUT2D eigenvalue weighted by Gasteiger charge is 2.16. The molecule has 0 bridgehead atoms. The lowest BCUT2D eigenvalue weighted by molar-refractivity contribution is -0.132. The number of hydrogen-bond donors (Lipinski definition) is 1. The molecule has 0 aliphatic rings. The number of amides is 1. The number of benzene rings is 1. The lowest BCUT2D eigenvalue weighted by Crippen LogP contribution is -2.42. The van der Waals surface area contributed by atoms with E-state index in [2.05, 4.69) is 0 Å². The maximum absolute atomic E-state index is 12.1. The Labute approximate surface area is 115 Å². The van der Waals surface area contributed by atoms with Gasteiger partial charge in [-0.25, -0.2) is 0 Å². The molecule has 0 aromatic heterocycles. The summed E-state index contributed by atoms with van der Waals surface area (Å²) in [5.74, 6) is 0.0828. The summed E-state index contributed by atoms with van der Waals surface area (Å²) in [4.78, 5) is 15.8. The van der Waals surface area contributed by atoms with Crippen LogP contribution in [0.5, 0.6) is 0 Å². The van der Waals surface area contributed by atoms with Gasteiger partial charge in [0.25, 0.3) is 0 Å². The SMILES string of the molecule is CC(C)N(C)C(=O)CN(CCO)Cc1ccccc1. The molecule has 1 aromatic rings. The predicted octanol–water partition coefficient (Wildman–Crippen LogP) is 1.35. The fraction of sp³-hybridized carbons (Fsp3) is 0.533. The molecule has 0 atom stereocenters. The lowest BCUT2D eigenvalue weighted by atomic mass is 10.2. The average molecular weight is 264 g/mol. The van der Waals surface area contributed by atoms with Crippen LogP contribution in [0.1, 0.15) is 19.4 Å². The molecule has 4 heteroatoms. The molecule has 4 nitrogen and oxygen atoms in total. The Morgan fingerprint density at radius 2 is 1.89 bits per heavy atom. The Hall–Kier alpha value is -1.39. The number of nitrogens with zero attached hydrogens (tertiary/aromatic N) is 2. The van der Waals surface area contributed by atoms with Crippen LogP contribution in [0, 0.1) is 0 Å². The zero-order chi connectivity index (χ0) is 14.3. The molecular weight excluding hydrogens is 240 g/mol. The van der Waals surface area contributed by atoms with Crippen LogP contribution in [-0.4, -0.2) is 53.6 Å². The maximum atomic E-state index is 12.1. The predicted molar refractivity (Wildman–Crippen MR) is 76.7 cm³/mol. The largest absolute Gasteiger partial charge is 0.395 e. The summed E-state index contributed by atoms with van der Waals surface area (Å²) in [6.07, 6.45) is 0. The van der Waals surface area contributed by atoms with E-state index < -0.39 is 0 Å². The fourth-order valence-electron chi connectivity index (χ4n) is 1.79. The third-order valence-corrected chi connectivity index (χ3v) is 3.19. The van der Waals surface area contributed by atoms with Crippen molar-refractivity contribution in [3.63, 3.8) is 0 Å². The highest BCUT2D eigenvalue weighted by molar-refractivity contribution is 5.78. The van der Waals surface area contributed by atoms with Crippen molar-refractivity contribution in [2.45, 2.75) is 26.4 Å². The van der Waals surface area contributed by atoms with E-state index in [1.807, 2.05) is 56.1 Å². The minimum Gasteiger partial charge on any atom is -0.395 e. The van der Waals surface area contributed by atoms with Crippen molar-refractivity contribution >= 4 is 5.91 Å². The third kappa shape index (κ3) is 5.41. The highest BCUT2D eigenvalue weighted by atomic mass is 16.3. The topological polar surface area (TPSA) is 43.8 Å². The molecule has 0 heterocycles. The number of aliphatic hydroxyl groups excluding tert-OH is 1. The minimum absolute atomic E-state index is 0.0610. The summed E-state index contributed by atoms with van der Waals surface area (Å²) in [6.45, 7) is 5.57. The van der Waals surface area contributed by atoms with Crippen LogP contribution >= 0.6 is 0 Å². The first kappa shape index (κ1) is 15.7. The molecule has 0 saturated heterocycles. The summed E-state index contributed by atoms with van der Waals surface area (Å²) in [5.41, 5.74) is 1.15.